The van der Waals surface area contributed by atoms with E-state index in [9.17, 15) is 4.39 Å². The first-order valence-corrected chi connectivity index (χ1v) is 15.1. The van der Waals surface area contributed by atoms with Crippen LogP contribution in [0.25, 0.3) is 56.1 Å². The number of imidazole rings is 1. The number of likely N-dealkylation sites (N-methyl/N-ethyl adjacent to an activating group) is 1. The molecular formula is C33H35FN10. The molecule has 0 bridgehead atoms. The predicted octanol–water partition coefficient (Wildman–Crippen LogP) is 5.72. The van der Waals surface area contributed by atoms with Gasteiger partial charge in [-0.1, -0.05) is 6.42 Å². The third-order valence-electron chi connectivity index (χ3n) is 8.07. The van der Waals surface area contributed by atoms with Gasteiger partial charge in [-0.05, 0) is 93.6 Å². The fraction of sp³-hybridized carbons (Fsp3) is 0.303. The van der Waals surface area contributed by atoms with Gasteiger partial charge >= 0.3 is 0 Å². The summed E-state index contributed by atoms with van der Waals surface area (Å²) in [6.07, 6.45) is 9.31. The van der Waals surface area contributed by atoms with Gasteiger partial charge in [0, 0.05) is 55.0 Å². The summed E-state index contributed by atoms with van der Waals surface area (Å²) < 4.78 is 14.7. The maximum atomic E-state index is 14.7. The molecule has 0 atom stereocenters. The Labute approximate surface area is 254 Å². The molecular weight excluding hydrogens is 555 g/mol. The molecule has 0 aliphatic carbocycles. The highest BCUT2D eigenvalue weighted by Gasteiger charge is 2.18. The van der Waals surface area contributed by atoms with Crippen LogP contribution in [-0.4, -0.2) is 85.2 Å². The molecule has 11 heteroatoms. The van der Waals surface area contributed by atoms with Crippen LogP contribution in [0.2, 0.25) is 0 Å². The van der Waals surface area contributed by atoms with Crippen molar-refractivity contribution in [2.75, 3.05) is 45.6 Å². The Balaban J connectivity index is 1.21. The fourth-order valence-electron chi connectivity index (χ4n) is 5.85. The van der Waals surface area contributed by atoms with E-state index in [-0.39, 0.29) is 5.82 Å². The van der Waals surface area contributed by atoms with Crippen LogP contribution in [0.3, 0.4) is 0 Å². The average Bonchev–Trinajstić information content (AvgIpc) is 3.65. The van der Waals surface area contributed by atoms with E-state index >= 15 is 0 Å². The molecule has 1 aromatic carbocycles. The van der Waals surface area contributed by atoms with Crippen molar-refractivity contribution in [3.63, 3.8) is 0 Å². The lowest BCUT2D eigenvalue weighted by molar-refractivity contribution is 0.220. The third kappa shape index (κ3) is 5.88. The monoisotopic (exact) mass is 590 g/mol. The molecule has 1 saturated heterocycles. The van der Waals surface area contributed by atoms with Crippen molar-refractivity contribution in [3.8, 4) is 33.9 Å². The largest absolute Gasteiger partial charge is 0.384 e. The van der Waals surface area contributed by atoms with Gasteiger partial charge in [0.05, 0.1) is 16.7 Å². The molecule has 3 N–H and O–H groups in total. The molecule has 10 nitrogen and oxygen atoms in total. The number of likely N-dealkylation sites (tertiary alicyclic amines) is 1. The van der Waals surface area contributed by atoms with Crippen LogP contribution in [0.4, 0.5) is 10.1 Å². The van der Waals surface area contributed by atoms with Crippen LogP contribution in [0.5, 0.6) is 0 Å². The number of aromatic amines is 2. The van der Waals surface area contributed by atoms with Crippen molar-refractivity contribution in [1.29, 1.82) is 0 Å². The first-order chi connectivity index (χ1) is 21.5. The van der Waals surface area contributed by atoms with Crippen LogP contribution in [0.15, 0.2) is 61.1 Å². The van der Waals surface area contributed by atoms with Gasteiger partial charge in [-0.25, -0.2) is 19.3 Å². The van der Waals surface area contributed by atoms with Crippen LogP contribution in [-0.2, 0) is 6.54 Å². The zero-order valence-electron chi connectivity index (χ0n) is 24.9. The second-order valence-electron chi connectivity index (χ2n) is 11.7. The first-order valence-electron chi connectivity index (χ1n) is 15.1. The van der Waals surface area contributed by atoms with Crippen molar-refractivity contribution >= 4 is 27.9 Å². The van der Waals surface area contributed by atoms with Gasteiger partial charge in [-0.2, -0.15) is 5.10 Å². The van der Waals surface area contributed by atoms with Crippen LogP contribution < -0.4 is 5.32 Å². The summed E-state index contributed by atoms with van der Waals surface area (Å²) >= 11 is 0. The zero-order chi connectivity index (χ0) is 30.0. The molecule has 0 spiro atoms. The number of nitrogens with one attached hydrogen (secondary N) is 3. The summed E-state index contributed by atoms with van der Waals surface area (Å²) in [5, 5.41) is 11.0. The van der Waals surface area contributed by atoms with Gasteiger partial charge in [0.25, 0.3) is 0 Å². The fourth-order valence-corrected chi connectivity index (χ4v) is 5.85. The van der Waals surface area contributed by atoms with E-state index < -0.39 is 0 Å². The number of nitrogens with zero attached hydrogens (tertiary/aromatic N) is 7. The minimum Gasteiger partial charge on any atom is -0.384 e. The minimum atomic E-state index is -0.316. The van der Waals surface area contributed by atoms with E-state index in [2.05, 4.69) is 46.3 Å². The lowest BCUT2D eigenvalue weighted by Crippen LogP contribution is -2.29. The normalized spacial score (nSPS) is 14.2. The maximum absolute atomic E-state index is 14.7. The van der Waals surface area contributed by atoms with E-state index in [4.69, 9.17) is 9.97 Å². The number of aromatic nitrogens is 7. The van der Waals surface area contributed by atoms with E-state index in [1.807, 2.05) is 50.8 Å². The smallest absolute Gasteiger partial charge is 0.178 e. The van der Waals surface area contributed by atoms with Gasteiger partial charge in [-0.3, -0.25) is 15.0 Å². The van der Waals surface area contributed by atoms with Crippen molar-refractivity contribution < 1.29 is 4.39 Å². The molecule has 224 valence electrons. The number of rotatable bonds is 9. The number of fused-ring (bicyclic) bond motifs is 2. The molecule has 0 unspecified atom stereocenters. The number of benzene rings is 1. The Hall–Kier alpha value is -4.74. The summed E-state index contributed by atoms with van der Waals surface area (Å²) in [4.78, 5) is 26.7. The van der Waals surface area contributed by atoms with Crippen molar-refractivity contribution in [1.82, 2.24) is 44.9 Å². The second-order valence-corrected chi connectivity index (χ2v) is 11.7. The van der Waals surface area contributed by atoms with Crippen LogP contribution in [0.1, 0.15) is 24.8 Å². The first kappa shape index (κ1) is 28.1. The molecule has 44 heavy (non-hydrogen) atoms. The molecule has 6 heterocycles. The zero-order valence-corrected chi connectivity index (χ0v) is 24.9. The molecule has 1 aliphatic heterocycles. The highest BCUT2D eigenvalue weighted by Crippen LogP contribution is 2.32. The molecule has 7 rings (SSSR count). The van der Waals surface area contributed by atoms with E-state index in [1.165, 1.54) is 37.0 Å². The number of hydrogen-bond acceptors (Lipinski definition) is 8. The Morgan fingerprint density at radius 3 is 2.73 bits per heavy atom. The molecule has 1 fully saturated rings. The summed E-state index contributed by atoms with van der Waals surface area (Å²) in [5.74, 6) is 0.220. The van der Waals surface area contributed by atoms with Crippen LogP contribution in [0, 0.1) is 5.82 Å². The Morgan fingerprint density at radius 1 is 0.977 bits per heavy atom. The van der Waals surface area contributed by atoms with Crippen molar-refractivity contribution in [2.24, 2.45) is 0 Å². The van der Waals surface area contributed by atoms with E-state index in [1.54, 1.807) is 6.20 Å². The molecule has 0 saturated carbocycles. The molecule has 0 amide bonds. The number of H-pyrrole nitrogens is 2. The summed E-state index contributed by atoms with van der Waals surface area (Å²) in [6, 6.07) is 13.0. The number of hydrogen-bond donors (Lipinski definition) is 3. The number of halogens is 1. The lowest BCUT2D eigenvalue weighted by Gasteiger charge is -2.26. The highest BCUT2D eigenvalue weighted by atomic mass is 19.1. The summed E-state index contributed by atoms with van der Waals surface area (Å²) in [7, 11) is 4.01. The Kier molecular flexibility index (Phi) is 7.71. The summed E-state index contributed by atoms with van der Waals surface area (Å²) in [6.45, 7) is 4.70. The number of pyridine rings is 3. The lowest BCUT2D eigenvalue weighted by atomic mass is 10.0. The molecule has 1 aliphatic rings. The van der Waals surface area contributed by atoms with Crippen LogP contribution >= 0.6 is 0 Å². The van der Waals surface area contributed by atoms with Gasteiger partial charge < -0.3 is 15.2 Å². The molecule has 6 aromatic rings. The maximum Gasteiger partial charge on any atom is 0.178 e. The Bertz CT molecular complexity index is 1920. The van der Waals surface area contributed by atoms with Crippen molar-refractivity contribution in [3.05, 3.63) is 72.4 Å². The SMILES string of the molecule is CN(C)CCNc1cc(F)cc(-c2ccnc3nc(-c4n[nH]c5ccc(-c6cncc(CN7CCCCC7)c6)nc45)[nH]c23)c1. The highest BCUT2D eigenvalue weighted by molar-refractivity contribution is 5.95. The number of piperidine rings is 1. The molecule has 5 aromatic heterocycles. The predicted molar refractivity (Wildman–Crippen MR) is 172 cm³/mol. The minimum absolute atomic E-state index is 0.316. The van der Waals surface area contributed by atoms with Gasteiger partial charge in [0.15, 0.2) is 17.2 Å². The van der Waals surface area contributed by atoms with E-state index in [0.717, 1.165) is 59.8 Å². The van der Waals surface area contributed by atoms with Crippen molar-refractivity contribution in [2.45, 2.75) is 25.8 Å². The quantitative estimate of drug-likeness (QED) is 0.196. The standard InChI is InChI=1S/C33H35FN10/c1-43(2)13-10-36-25-16-22(15-24(34)17-25)26-8-9-37-32-29(26)39-33(40-32)31-30-28(41-42-31)7-6-27(38-30)23-14-21(18-35-19-23)20-44-11-4-3-5-12-44/h6-9,14-19,36H,3-5,10-13,20H2,1-2H3,(H,41,42)(H,37,39,40). The third-order valence-corrected chi connectivity index (χ3v) is 8.07. The molecule has 0 radical (unpaired) electrons. The van der Waals surface area contributed by atoms with E-state index in [0.29, 0.717) is 34.7 Å². The van der Waals surface area contributed by atoms with Gasteiger partial charge in [-0.15, -0.1) is 0 Å². The van der Waals surface area contributed by atoms with Gasteiger partial charge in [0.2, 0.25) is 0 Å². The topological polar surface area (TPSA) is 115 Å². The Morgan fingerprint density at radius 2 is 1.86 bits per heavy atom. The number of anilines is 1. The second kappa shape index (κ2) is 12.1. The summed E-state index contributed by atoms with van der Waals surface area (Å²) in [5.41, 5.74) is 8.52. The average molecular weight is 591 g/mol. The van der Waals surface area contributed by atoms with Gasteiger partial charge in [0.1, 0.15) is 11.3 Å².